The summed E-state index contributed by atoms with van der Waals surface area (Å²) in [5, 5.41) is 2.79. The highest BCUT2D eigenvalue weighted by Gasteiger charge is 2.49. The number of imide groups is 1. The minimum absolute atomic E-state index is 0.133. The number of nitrogens with zero attached hydrogens (tertiary/aromatic N) is 4. The van der Waals surface area contributed by atoms with E-state index in [1.54, 1.807) is 4.90 Å². The third-order valence-electron chi connectivity index (χ3n) is 6.71. The van der Waals surface area contributed by atoms with Crippen LogP contribution in [-0.2, 0) is 16.6 Å². The van der Waals surface area contributed by atoms with Crippen molar-refractivity contribution in [2.24, 2.45) is 7.05 Å². The van der Waals surface area contributed by atoms with Gasteiger partial charge in [0.1, 0.15) is 17.9 Å². The predicted octanol–water partition coefficient (Wildman–Crippen LogP) is 2.39. The molecule has 2 saturated heterocycles. The number of carbonyl (C=O) groups excluding carboxylic acids is 3. The zero-order valence-electron chi connectivity index (χ0n) is 17.9. The summed E-state index contributed by atoms with van der Waals surface area (Å²) in [6, 6.07) is 7.54. The molecule has 2 fully saturated rings. The number of carbonyl (C=O) groups is 3. The molecule has 3 heterocycles. The molecule has 0 radical (unpaired) electrons. The number of para-hydroxylation sites is 2. The topological polar surface area (TPSA) is 87.5 Å². The molecule has 8 nitrogen and oxygen atoms in total. The van der Waals surface area contributed by atoms with Gasteiger partial charge in [-0.2, -0.15) is 0 Å². The van der Waals surface area contributed by atoms with E-state index in [0.29, 0.717) is 25.9 Å². The molecular formula is C22H29N5O3. The van der Waals surface area contributed by atoms with Crippen LogP contribution in [0.1, 0.15) is 51.3 Å². The van der Waals surface area contributed by atoms with Gasteiger partial charge in [-0.25, -0.2) is 9.78 Å². The van der Waals surface area contributed by atoms with Gasteiger partial charge in [0.15, 0.2) is 0 Å². The second-order valence-corrected chi connectivity index (χ2v) is 8.31. The first-order chi connectivity index (χ1) is 14.4. The molecule has 160 valence electrons. The van der Waals surface area contributed by atoms with Gasteiger partial charge in [-0.3, -0.25) is 14.5 Å². The third-order valence-corrected chi connectivity index (χ3v) is 6.71. The summed E-state index contributed by atoms with van der Waals surface area (Å²) in [6.07, 6.45) is 2.85. The maximum absolute atomic E-state index is 13.0. The zero-order chi connectivity index (χ0) is 21.5. The monoisotopic (exact) mass is 411 g/mol. The van der Waals surface area contributed by atoms with E-state index in [1.165, 1.54) is 0 Å². The van der Waals surface area contributed by atoms with Gasteiger partial charge < -0.3 is 14.8 Å². The van der Waals surface area contributed by atoms with E-state index in [4.69, 9.17) is 4.98 Å². The lowest BCUT2D eigenvalue weighted by Gasteiger charge is -2.33. The average Bonchev–Trinajstić information content (AvgIpc) is 3.23. The third kappa shape index (κ3) is 3.24. The molecule has 4 rings (SSSR count). The maximum atomic E-state index is 13.0. The Morgan fingerprint density at radius 2 is 1.97 bits per heavy atom. The molecule has 1 atom stereocenters. The lowest BCUT2D eigenvalue weighted by atomic mass is 9.93. The van der Waals surface area contributed by atoms with Crippen molar-refractivity contribution in [2.75, 3.05) is 19.6 Å². The number of likely N-dealkylation sites (tertiary alicyclic amines) is 1. The number of aryl methyl sites for hydroxylation is 1. The number of hydrogen-bond donors (Lipinski definition) is 1. The number of hydrogen-bond acceptors (Lipinski definition) is 4. The molecule has 2 aliphatic rings. The number of aromatic nitrogens is 2. The smallest absolute Gasteiger partial charge is 0.325 e. The van der Waals surface area contributed by atoms with Crippen LogP contribution in [0.25, 0.3) is 11.0 Å². The van der Waals surface area contributed by atoms with Gasteiger partial charge in [0, 0.05) is 26.1 Å². The van der Waals surface area contributed by atoms with Crippen molar-refractivity contribution in [3.63, 3.8) is 0 Å². The van der Waals surface area contributed by atoms with Crippen molar-refractivity contribution in [2.45, 2.75) is 51.0 Å². The fraction of sp³-hybridized carbons (Fsp3) is 0.545. The number of nitrogens with one attached hydrogen (secondary N) is 1. The van der Waals surface area contributed by atoms with E-state index in [-0.39, 0.29) is 24.3 Å². The quantitative estimate of drug-likeness (QED) is 0.766. The van der Waals surface area contributed by atoms with Gasteiger partial charge in [-0.05, 0) is 37.8 Å². The van der Waals surface area contributed by atoms with Crippen LogP contribution in [0.4, 0.5) is 4.79 Å². The molecule has 0 bridgehead atoms. The molecular weight excluding hydrogens is 382 g/mol. The van der Waals surface area contributed by atoms with Crippen LogP contribution in [0.5, 0.6) is 0 Å². The lowest BCUT2D eigenvalue weighted by Crippen LogP contribution is -2.48. The van der Waals surface area contributed by atoms with Gasteiger partial charge in [-0.15, -0.1) is 0 Å². The first-order valence-corrected chi connectivity index (χ1v) is 10.7. The van der Waals surface area contributed by atoms with E-state index in [0.717, 1.165) is 34.6 Å². The zero-order valence-corrected chi connectivity index (χ0v) is 17.9. The van der Waals surface area contributed by atoms with E-state index >= 15 is 0 Å². The van der Waals surface area contributed by atoms with Crippen molar-refractivity contribution >= 4 is 28.9 Å². The van der Waals surface area contributed by atoms with Gasteiger partial charge >= 0.3 is 6.03 Å². The lowest BCUT2D eigenvalue weighted by molar-refractivity contribution is -0.139. The van der Waals surface area contributed by atoms with Crippen LogP contribution in [0.2, 0.25) is 0 Å². The van der Waals surface area contributed by atoms with Crippen LogP contribution in [0, 0.1) is 0 Å². The van der Waals surface area contributed by atoms with Gasteiger partial charge in [-0.1, -0.05) is 26.0 Å². The Morgan fingerprint density at radius 1 is 1.23 bits per heavy atom. The number of benzene rings is 1. The molecule has 0 saturated carbocycles. The van der Waals surface area contributed by atoms with Gasteiger partial charge in [0.2, 0.25) is 5.91 Å². The molecule has 0 unspecified atom stereocenters. The summed E-state index contributed by atoms with van der Waals surface area (Å²) in [5.41, 5.74) is 1.15. The highest BCUT2D eigenvalue weighted by Crippen LogP contribution is 2.29. The van der Waals surface area contributed by atoms with Crippen LogP contribution in [-0.4, -0.2) is 62.4 Å². The molecule has 0 spiro atoms. The maximum Gasteiger partial charge on any atom is 0.325 e. The normalized spacial score (nSPS) is 21.4. The Balaban J connectivity index is 1.48. The molecule has 4 amide bonds. The van der Waals surface area contributed by atoms with Crippen molar-refractivity contribution in [3.8, 4) is 0 Å². The average molecular weight is 412 g/mol. The number of amides is 4. The molecule has 1 aromatic heterocycles. The van der Waals surface area contributed by atoms with Crippen LogP contribution in [0.15, 0.2) is 24.3 Å². The molecule has 8 heteroatoms. The molecule has 2 aliphatic heterocycles. The number of fused-ring (bicyclic) bond motifs is 1. The van der Waals surface area contributed by atoms with Gasteiger partial charge in [0.05, 0.1) is 11.0 Å². The predicted molar refractivity (Wildman–Crippen MR) is 113 cm³/mol. The summed E-state index contributed by atoms with van der Waals surface area (Å²) in [5.74, 6) is 0.619. The molecule has 0 aliphatic carbocycles. The Labute approximate surface area is 176 Å². The summed E-state index contributed by atoms with van der Waals surface area (Å²) >= 11 is 0. The second kappa shape index (κ2) is 7.74. The fourth-order valence-electron chi connectivity index (χ4n) is 4.73. The summed E-state index contributed by atoms with van der Waals surface area (Å²) in [6.45, 7) is 4.72. The molecule has 2 aromatic rings. The Morgan fingerprint density at radius 3 is 2.63 bits per heavy atom. The highest BCUT2D eigenvalue weighted by atomic mass is 16.2. The number of imidazole rings is 1. The first kappa shape index (κ1) is 20.4. The van der Waals surface area contributed by atoms with E-state index in [9.17, 15) is 14.4 Å². The standard InChI is InChI=1S/C22H29N5O3/c1-4-22(5-2)20(29)27(21(30)24-22)14-18(28)26-12-8-9-15(13-26)19-23-16-10-6-7-11-17(16)25(19)3/h6-7,10-11,15H,4-5,8-9,12-14H2,1-3H3,(H,24,30)/t15-/m1/s1. The second-order valence-electron chi connectivity index (χ2n) is 8.31. The Bertz CT molecular complexity index is 994. The fourth-order valence-corrected chi connectivity index (χ4v) is 4.73. The first-order valence-electron chi connectivity index (χ1n) is 10.7. The highest BCUT2D eigenvalue weighted by molar-refractivity contribution is 6.09. The van der Waals surface area contributed by atoms with Crippen molar-refractivity contribution in [1.29, 1.82) is 0 Å². The minimum atomic E-state index is -0.880. The summed E-state index contributed by atoms with van der Waals surface area (Å²) in [4.78, 5) is 45.8. The number of rotatable bonds is 5. The van der Waals surface area contributed by atoms with Crippen molar-refractivity contribution < 1.29 is 14.4 Å². The Hall–Kier alpha value is -2.90. The van der Waals surface area contributed by atoms with E-state index in [1.807, 2.05) is 45.2 Å². The molecule has 30 heavy (non-hydrogen) atoms. The summed E-state index contributed by atoms with van der Waals surface area (Å²) in [7, 11) is 2.01. The molecule has 1 aromatic carbocycles. The minimum Gasteiger partial charge on any atom is -0.340 e. The van der Waals surface area contributed by atoms with Crippen LogP contribution in [0.3, 0.4) is 0 Å². The number of urea groups is 1. The number of piperidine rings is 1. The largest absolute Gasteiger partial charge is 0.340 e. The van der Waals surface area contributed by atoms with E-state index in [2.05, 4.69) is 9.88 Å². The van der Waals surface area contributed by atoms with Crippen molar-refractivity contribution in [1.82, 2.24) is 24.7 Å². The van der Waals surface area contributed by atoms with Crippen LogP contribution >= 0.6 is 0 Å². The van der Waals surface area contributed by atoms with Gasteiger partial charge in [0.25, 0.3) is 5.91 Å². The van der Waals surface area contributed by atoms with Crippen molar-refractivity contribution in [3.05, 3.63) is 30.1 Å². The summed E-state index contributed by atoms with van der Waals surface area (Å²) < 4.78 is 2.10. The SMILES string of the molecule is CCC1(CC)NC(=O)N(CC(=O)N2CCC[C@@H](c3nc4ccccc4n3C)C2)C1=O. The Kier molecular flexibility index (Phi) is 5.26. The van der Waals surface area contributed by atoms with E-state index < -0.39 is 11.6 Å². The molecule has 1 N–H and O–H groups in total. The van der Waals surface area contributed by atoms with Crippen LogP contribution < -0.4 is 5.32 Å².